The van der Waals surface area contributed by atoms with E-state index in [2.05, 4.69) is 25.5 Å². The molecule has 0 aliphatic carbocycles. The molecule has 7 nitrogen and oxygen atoms in total. The van der Waals surface area contributed by atoms with Crippen molar-refractivity contribution in [1.82, 2.24) is 25.5 Å². The molecule has 2 aromatic heterocycles. The topological polar surface area (TPSA) is 92.8 Å². The minimum Gasteiger partial charge on any atom is -0.481 e. The smallest absolute Gasteiger partial charge is 0.291 e. The number of carbonyl (C=O) groups excluding carboxylic acids is 1. The van der Waals surface area contributed by atoms with Crippen LogP contribution in [0.1, 0.15) is 22.0 Å². The van der Waals surface area contributed by atoms with Crippen molar-refractivity contribution < 1.29 is 9.53 Å². The van der Waals surface area contributed by atoms with E-state index in [1.165, 1.54) is 0 Å². The molecule has 18 heavy (non-hydrogen) atoms. The Balaban J connectivity index is 1.97. The van der Waals surface area contributed by atoms with Gasteiger partial charge in [-0.05, 0) is 18.6 Å². The first-order chi connectivity index (χ1) is 8.69. The Morgan fingerprint density at radius 2 is 2.39 bits per heavy atom. The van der Waals surface area contributed by atoms with Crippen molar-refractivity contribution in [2.45, 2.75) is 13.5 Å². The molecule has 0 unspecified atom stereocenters. The van der Waals surface area contributed by atoms with Gasteiger partial charge in [-0.1, -0.05) is 0 Å². The van der Waals surface area contributed by atoms with Crippen LogP contribution in [-0.4, -0.2) is 33.2 Å². The van der Waals surface area contributed by atoms with Gasteiger partial charge in [0.2, 0.25) is 11.7 Å². The molecule has 0 saturated heterocycles. The van der Waals surface area contributed by atoms with Gasteiger partial charge in [0.1, 0.15) is 5.82 Å². The lowest BCUT2D eigenvalue weighted by molar-refractivity contribution is 0.0941. The minimum atomic E-state index is -0.324. The summed E-state index contributed by atoms with van der Waals surface area (Å²) >= 11 is 0. The predicted octanol–water partition coefficient (Wildman–Crippen LogP) is 0.447. The van der Waals surface area contributed by atoms with E-state index in [0.717, 1.165) is 5.56 Å². The summed E-state index contributed by atoms with van der Waals surface area (Å²) < 4.78 is 5.00. The number of carbonyl (C=O) groups is 1. The monoisotopic (exact) mass is 247 g/mol. The van der Waals surface area contributed by atoms with Crippen LogP contribution in [0.2, 0.25) is 0 Å². The highest BCUT2D eigenvalue weighted by Gasteiger charge is 2.10. The number of nitrogens with zero attached hydrogens (tertiary/aromatic N) is 3. The molecule has 0 fully saturated rings. The second-order valence-electron chi connectivity index (χ2n) is 3.63. The maximum absolute atomic E-state index is 11.7. The third-order valence-electron chi connectivity index (χ3n) is 2.26. The number of aromatic nitrogens is 4. The highest BCUT2D eigenvalue weighted by molar-refractivity contribution is 5.90. The summed E-state index contributed by atoms with van der Waals surface area (Å²) in [5.74, 6) is 0.921. The Kier molecular flexibility index (Phi) is 3.52. The standard InChI is InChI=1S/C11H13N5O2/c1-7-14-10(16-15-7)11(17)13-6-8-3-4-12-9(5-8)18-2/h3-5H,6H2,1-2H3,(H,13,17)(H,14,15,16). The van der Waals surface area contributed by atoms with Crippen molar-refractivity contribution in [2.75, 3.05) is 7.11 Å². The van der Waals surface area contributed by atoms with Crippen molar-refractivity contribution in [2.24, 2.45) is 0 Å². The van der Waals surface area contributed by atoms with Crippen LogP contribution in [-0.2, 0) is 6.54 Å². The van der Waals surface area contributed by atoms with Gasteiger partial charge in [0.05, 0.1) is 7.11 Å². The zero-order chi connectivity index (χ0) is 13.0. The number of rotatable bonds is 4. The van der Waals surface area contributed by atoms with Gasteiger partial charge < -0.3 is 10.1 Å². The fraction of sp³-hybridized carbons (Fsp3) is 0.273. The Morgan fingerprint density at radius 3 is 3.06 bits per heavy atom. The average Bonchev–Trinajstić information content (AvgIpc) is 2.83. The molecule has 2 aromatic rings. The van der Waals surface area contributed by atoms with Crippen LogP contribution in [0, 0.1) is 6.92 Å². The van der Waals surface area contributed by atoms with Crippen molar-refractivity contribution >= 4 is 5.91 Å². The third kappa shape index (κ3) is 2.82. The SMILES string of the molecule is COc1cc(CNC(=O)c2n[nH]c(C)n2)ccn1. The summed E-state index contributed by atoms with van der Waals surface area (Å²) in [5.41, 5.74) is 0.891. The van der Waals surface area contributed by atoms with Gasteiger partial charge in [-0.3, -0.25) is 9.89 Å². The molecule has 0 aliphatic rings. The zero-order valence-corrected chi connectivity index (χ0v) is 10.1. The van der Waals surface area contributed by atoms with Gasteiger partial charge in [-0.15, -0.1) is 5.10 Å². The average molecular weight is 247 g/mol. The molecule has 1 amide bonds. The first kappa shape index (κ1) is 12.0. The molecule has 7 heteroatoms. The van der Waals surface area contributed by atoms with E-state index in [-0.39, 0.29) is 11.7 Å². The van der Waals surface area contributed by atoms with Crippen LogP contribution in [0.25, 0.3) is 0 Å². The Hall–Kier alpha value is -2.44. The molecule has 2 rings (SSSR count). The predicted molar refractivity (Wildman–Crippen MR) is 63.1 cm³/mol. The summed E-state index contributed by atoms with van der Waals surface area (Å²) in [7, 11) is 1.54. The number of pyridine rings is 1. The first-order valence-corrected chi connectivity index (χ1v) is 5.35. The lowest BCUT2D eigenvalue weighted by Crippen LogP contribution is -2.24. The normalized spacial score (nSPS) is 10.1. The summed E-state index contributed by atoms with van der Waals surface area (Å²) in [6.45, 7) is 2.10. The minimum absolute atomic E-state index is 0.133. The lowest BCUT2D eigenvalue weighted by atomic mass is 10.2. The van der Waals surface area contributed by atoms with Crippen molar-refractivity contribution in [3.05, 3.63) is 35.5 Å². The summed E-state index contributed by atoms with van der Waals surface area (Å²) in [6, 6.07) is 3.55. The van der Waals surface area contributed by atoms with Crippen LogP contribution < -0.4 is 10.1 Å². The maximum Gasteiger partial charge on any atom is 0.291 e. The second-order valence-corrected chi connectivity index (χ2v) is 3.63. The number of aromatic amines is 1. The molecule has 0 atom stereocenters. The fourth-order valence-corrected chi connectivity index (χ4v) is 1.38. The second kappa shape index (κ2) is 5.26. The van der Waals surface area contributed by atoms with Crippen molar-refractivity contribution in [3.8, 4) is 5.88 Å². The van der Waals surface area contributed by atoms with Crippen LogP contribution in [0.4, 0.5) is 0 Å². The number of H-pyrrole nitrogens is 1. The van der Waals surface area contributed by atoms with Crippen LogP contribution >= 0.6 is 0 Å². The van der Waals surface area contributed by atoms with Crippen LogP contribution in [0.15, 0.2) is 18.3 Å². The van der Waals surface area contributed by atoms with Gasteiger partial charge in [0, 0.05) is 18.8 Å². The molecule has 0 saturated carbocycles. The third-order valence-corrected chi connectivity index (χ3v) is 2.26. The largest absolute Gasteiger partial charge is 0.481 e. The number of nitrogens with one attached hydrogen (secondary N) is 2. The van der Waals surface area contributed by atoms with Gasteiger partial charge in [0.25, 0.3) is 5.91 Å². The van der Waals surface area contributed by atoms with E-state index < -0.39 is 0 Å². The van der Waals surface area contributed by atoms with Crippen LogP contribution in [0.5, 0.6) is 5.88 Å². The molecule has 94 valence electrons. The Morgan fingerprint density at radius 1 is 1.56 bits per heavy atom. The van der Waals surface area contributed by atoms with Gasteiger partial charge in [-0.2, -0.15) is 0 Å². The number of hydrogen-bond donors (Lipinski definition) is 2. The van der Waals surface area contributed by atoms with Crippen molar-refractivity contribution in [1.29, 1.82) is 0 Å². The molecule has 0 bridgehead atoms. The fourth-order valence-electron chi connectivity index (χ4n) is 1.38. The highest BCUT2D eigenvalue weighted by Crippen LogP contribution is 2.08. The zero-order valence-electron chi connectivity index (χ0n) is 10.1. The summed E-state index contributed by atoms with van der Waals surface area (Å²) in [5, 5.41) is 9.10. The first-order valence-electron chi connectivity index (χ1n) is 5.35. The molecule has 2 N–H and O–H groups in total. The number of hydrogen-bond acceptors (Lipinski definition) is 5. The highest BCUT2D eigenvalue weighted by atomic mass is 16.5. The van der Waals surface area contributed by atoms with E-state index >= 15 is 0 Å². The van der Waals surface area contributed by atoms with E-state index in [9.17, 15) is 4.79 Å². The summed E-state index contributed by atoms with van der Waals surface area (Å²) in [6.07, 6.45) is 1.62. The van der Waals surface area contributed by atoms with E-state index in [1.54, 1.807) is 32.4 Å². The molecular weight excluding hydrogens is 234 g/mol. The molecule has 0 aliphatic heterocycles. The van der Waals surface area contributed by atoms with E-state index in [1.807, 2.05) is 0 Å². The Bertz CT molecular complexity index is 552. The van der Waals surface area contributed by atoms with Gasteiger partial charge in [-0.25, -0.2) is 9.97 Å². The number of amides is 1. The molecule has 0 radical (unpaired) electrons. The van der Waals surface area contributed by atoms with E-state index in [4.69, 9.17) is 4.74 Å². The lowest BCUT2D eigenvalue weighted by Gasteiger charge is -2.04. The maximum atomic E-state index is 11.7. The van der Waals surface area contributed by atoms with E-state index in [0.29, 0.717) is 18.2 Å². The molecule has 2 heterocycles. The van der Waals surface area contributed by atoms with Gasteiger partial charge in [0.15, 0.2) is 0 Å². The van der Waals surface area contributed by atoms with Gasteiger partial charge >= 0.3 is 0 Å². The molecule has 0 spiro atoms. The van der Waals surface area contributed by atoms with Crippen LogP contribution in [0.3, 0.4) is 0 Å². The molecular formula is C11H13N5O2. The molecule has 0 aromatic carbocycles. The Labute approximate surface area is 104 Å². The number of methoxy groups -OCH3 is 1. The quantitative estimate of drug-likeness (QED) is 0.818. The number of ether oxygens (including phenoxy) is 1. The summed E-state index contributed by atoms with van der Waals surface area (Å²) in [4.78, 5) is 19.6. The number of aryl methyl sites for hydroxylation is 1. The van der Waals surface area contributed by atoms with Crippen molar-refractivity contribution in [3.63, 3.8) is 0 Å².